The minimum Gasteiger partial charge on any atom is -0.142 e. The third kappa shape index (κ3) is 3.21. The molecule has 0 bridgehead atoms. The lowest BCUT2D eigenvalue weighted by Crippen LogP contribution is -2.19. The van der Waals surface area contributed by atoms with Crippen LogP contribution in [0.3, 0.4) is 0 Å². The Labute approximate surface area is 115 Å². The zero-order valence-electron chi connectivity index (χ0n) is 9.65. The lowest BCUT2D eigenvalue weighted by molar-refractivity contribution is 0.470. The SMILES string of the molecule is CC(C)C1CSC(c2ccc(Br)cc2)SC1. The van der Waals surface area contributed by atoms with Crippen LogP contribution in [0.2, 0.25) is 0 Å². The molecule has 1 fully saturated rings. The van der Waals surface area contributed by atoms with Crippen molar-refractivity contribution in [3.8, 4) is 0 Å². The fraction of sp³-hybridized carbons (Fsp3) is 0.538. The van der Waals surface area contributed by atoms with Gasteiger partial charge in [-0.2, -0.15) is 0 Å². The molecule has 0 radical (unpaired) electrons. The summed E-state index contributed by atoms with van der Waals surface area (Å²) in [6.45, 7) is 4.68. The molecule has 0 amide bonds. The molecule has 2 rings (SSSR count). The van der Waals surface area contributed by atoms with Crippen LogP contribution in [0.25, 0.3) is 0 Å². The molecular weight excluding hydrogens is 300 g/mol. The minimum absolute atomic E-state index is 0.642. The van der Waals surface area contributed by atoms with Gasteiger partial charge in [0.05, 0.1) is 4.58 Å². The van der Waals surface area contributed by atoms with Crippen molar-refractivity contribution < 1.29 is 0 Å². The van der Waals surface area contributed by atoms with Crippen LogP contribution < -0.4 is 0 Å². The van der Waals surface area contributed by atoms with Gasteiger partial charge in [0.1, 0.15) is 0 Å². The van der Waals surface area contributed by atoms with Crippen LogP contribution in [0.5, 0.6) is 0 Å². The van der Waals surface area contributed by atoms with E-state index in [-0.39, 0.29) is 0 Å². The number of rotatable bonds is 2. The normalized spacial score (nSPS) is 26.0. The van der Waals surface area contributed by atoms with E-state index in [1.807, 2.05) is 0 Å². The molecule has 1 aromatic rings. The summed E-state index contributed by atoms with van der Waals surface area (Å²) < 4.78 is 1.81. The first kappa shape index (κ1) is 12.8. The topological polar surface area (TPSA) is 0 Å². The number of hydrogen-bond donors (Lipinski definition) is 0. The Morgan fingerprint density at radius 3 is 2.19 bits per heavy atom. The highest BCUT2D eigenvalue weighted by molar-refractivity contribution is 9.10. The highest BCUT2D eigenvalue weighted by Gasteiger charge is 2.24. The zero-order valence-corrected chi connectivity index (χ0v) is 12.9. The molecule has 1 heterocycles. The maximum Gasteiger partial charge on any atom is 0.0751 e. The molecule has 0 nitrogen and oxygen atoms in total. The molecule has 0 aromatic heterocycles. The first-order valence-corrected chi connectivity index (χ1v) is 8.54. The van der Waals surface area contributed by atoms with E-state index in [2.05, 4.69) is 77.6 Å². The summed E-state index contributed by atoms with van der Waals surface area (Å²) in [5, 5.41) is 0. The van der Waals surface area contributed by atoms with Gasteiger partial charge in [-0.3, -0.25) is 0 Å². The van der Waals surface area contributed by atoms with E-state index in [1.54, 1.807) is 0 Å². The van der Waals surface area contributed by atoms with Crippen molar-refractivity contribution in [3.63, 3.8) is 0 Å². The molecule has 1 aromatic carbocycles. The molecule has 16 heavy (non-hydrogen) atoms. The summed E-state index contributed by atoms with van der Waals surface area (Å²) in [5.74, 6) is 4.34. The minimum atomic E-state index is 0.642. The first-order chi connectivity index (χ1) is 7.66. The Balaban J connectivity index is 1.96. The van der Waals surface area contributed by atoms with Gasteiger partial charge in [0.2, 0.25) is 0 Å². The summed E-state index contributed by atoms with van der Waals surface area (Å²) in [6, 6.07) is 8.77. The average molecular weight is 317 g/mol. The van der Waals surface area contributed by atoms with E-state index < -0.39 is 0 Å². The fourth-order valence-corrected chi connectivity index (χ4v) is 5.53. The van der Waals surface area contributed by atoms with Crippen molar-refractivity contribution in [1.29, 1.82) is 0 Å². The highest BCUT2D eigenvalue weighted by atomic mass is 79.9. The van der Waals surface area contributed by atoms with Gasteiger partial charge in [-0.05, 0) is 41.0 Å². The van der Waals surface area contributed by atoms with Gasteiger partial charge in [0.15, 0.2) is 0 Å². The molecule has 3 heteroatoms. The fourth-order valence-electron chi connectivity index (χ4n) is 1.72. The second kappa shape index (κ2) is 5.83. The molecule has 0 saturated carbocycles. The second-order valence-electron chi connectivity index (χ2n) is 4.55. The smallest absolute Gasteiger partial charge is 0.0751 e. The molecule has 1 saturated heterocycles. The van der Waals surface area contributed by atoms with E-state index >= 15 is 0 Å². The van der Waals surface area contributed by atoms with Crippen LogP contribution in [0.4, 0.5) is 0 Å². The largest absolute Gasteiger partial charge is 0.142 e. The van der Waals surface area contributed by atoms with Crippen molar-refractivity contribution in [3.05, 3.63) is 34.3 Å². The highest BCUT2D eigenvalue weighted by Crippen LogP contribution is 2.46. The Hall–Kier alpha value is 0.400. The predicted molar refractivity (Wildman–Crippen MR) is 80.1 cm³/mol. The third-order valence-electron chi connectivity index (χ3n) is 3.01. The van der Waals surface area contributed by atoms with E-state index in [9.17, 15) is 0 Å². The van der Waals surface area contributed by atoms with E-state index in [0.29, 0.717) is 4.58 Å². The molecule has 1 aliphatic rings. The summed E-state index contributed by atoms with van der Waals surface area (Å²) in [6.07, 6.45) is 0. The summed E-state index contributed by atoms with van der Waals surface area (Å²) in [7, 11) is 0. The van der Waals surface area contributed by atoms with Crippen LogP contribution in [-0.2, 0) is 0 Å². The number of thioether (sulfide) groups is 2. The van der Waals surface area contributed by atoms with Crippen LogP contribution in [-0.4, -0.2) is 11.5 Å². The molecule has 0 atom stereocenters. The van der Waals surface area contributed by atoms with Crippen molar-refractivity contribution in [2.75, 3.05) is 11.5 Å². The maximum atomic E-state index is 3.48. The Kier molecular flexibility index (Phi) is 4.68. The van der Waals surface area contributed by atoms with Crippen molar-refractivity contribution in [2.45, 2.75) is 18.4 Å². The molecule has 1 aliphatic heterocycles. The Morgan fingerprint density at radius 2 is 1.69 bits per heavy atom. The maximum absolute atomic E-state index is 3.48. The van der Waals surface area contributed by atoms with Crippen molar-refractivity contribution in [1.82, 2.24) is 0 Å². The lowest BCUT2D eigenvalue weighted by Gasteiger charge is -2.30. The quantitative estimate of drug-likeness (QED) is 0.735. The van der Waals surface area contributed by atoms with Gasteiger partial charge >= 0.3 is 0 Å². The van der Waals surface area contributed by atoms with Crippen LogP contribution in [0, 0.1) is 11.8 Å². The van der Waals surface area contributed by atoms with Crippen molar-refractivity contribution in [2.24, 2.45) is 11.8 Å². The second-order valence-corrected chi connectivity index (χ2v) is 8.04. The van der Waals surface area contributed by atoms with E-state index in [0.717, 1.165) is 11.8 Å². The number of halogens is 1. The van der Waals surface area contributed by atoms with E-state index in [1.165, 1.54) is 21.5 Å². The van der Waals surface area contributed by atoms with Gasteiger partial charge < -0.3 is 0 Å². The standard InChI is InChI=1S/C13H17BrS2/c1-9(2)11-7-15-13(16-8-11)10-3-5-12(14)6-4-10/h3-6,9,11,13H,7-8H2,1-2H3. The Morgan fingerprint density at radius 1 is 1.12 bits per heavy atom. The molecular formula is C13H17BrS2. The monoisotopic (exact) mass is 316 g/mol. The molecule has 0 spiro atoms. The van der Waals surface area contributed by atoms with Crippen LogP contribution >= 0.6 is 39.5 Å². The number of benzene rings is 1. The summed E-state index contributed by atoms with van der Waals surface area (Å²) in [4.78, 5) is 0. The summed E-state index contributed by atoms with van der Waals surface area (Å²) >= 11 is 7.70. The van der Waals surface area contributed by atoms with Gasteiger partial charge in [-0.15, -0.1) is 23.5 Å². The average Bonchev–Trinajstić information content (AvgIpc) is 2.30. The molecule has 88 valence electrons. The lowest BCUT2D eigenvalue weighted by atomic mass is 10.0. The third-order valence-corrected chi connectivity index (χ3v) is 6.74. The molecule has 0 N–H and O–H groups in total. The van der Waals surface area contributed by atoms with Gasteiger partial charge in [-0.1, -0.05) is 41.9 Å². The Bertz CT molecular complexity index is 326. The van der Waals surface area contributed by atoms with Crippen LogP contribution in [0.1, 0.15) is 24.0 Å². The van der Waals surface area contributed by atoms with Crippen molar-refractivity contribution >= 4 is 39.5 Å². The summed E-state index contributed by atoms with van der Waals surface area (Å²) in [5.41, 5.74) is 1.46. The van der Waals surface area contributed by atoms with Gasteiger partial charge in [0.25, 0.3) is 0 Å². The first-order valence-electron chi connectivity index (χ1n) is 5.65. The van der Waals surface area contributed by atoms with E-state index in [4.69, 9.17) is 0 Å². The van der Waals surface area contributed by atoms with Gasteiger partial charge in [0, 0.05) is 4.47 Å². The number of hydrogen-bond acceptors (Lipinski definition) is 2. The van der Waals surface area contributed by atoms with Gasteiger partial charge in [-0.25, -0.2) is 0 Å². The van der Waals surface area contributed by atoms with Crippen LogP contribution in [0.15, 0.2) is 28.7 Å². The zero-order chi connectivity index (χ0) is 11.5. The molecule has 0 unspecified atom stereocenters. The predicted octanol–water partition coefficient (Wildman–Crippen LogP) is 5.20. The molecule has 0 aliphatic carbocycles.